The first kappa shape index (κ1) is 29.8. The van der Waals surface area contributed by atoms with E-state index >= 15 is 0 Å². The Hall–Kier alpha value is -5.29. The van der Waals surface area contributed by atoms with Gasteiger partial charge in [0.2, 0.25) is 0 Å². The number of hydrogen-bond acceptors (Lipinski definition) is 6. The van der Waals surface area contributed by atoms with Gasteiger partial charge in [-0.05, 0) is 29.8 Å². The third-order valence-electron chi connectivity index (χ3n) is 8.00. The van der Waals surface area contributed by atoms with Crippen molar-refractivity contribution in [2.24, 2.45) is 0 Å². The molecule has 4 aromatic carbocycles. The first-order valence-electron chi connectivity index (χ1n) is 13.9. The van der Waals surface area contributed by atoms with E-state index in [2.05, 4.69) is 0 Å². The van der Waals surface area contributed by atoms with Crippen LogP contribution in [-0.4, -0.2) is 46.7 Å². The third-order valence-corrected chi connectivity index (χ3v) is 8.00. The molecule has 1 amide bonds. The molecule has 11 heteroatoms. The number of carbonyl (C=O) groups excluding carboxylic acids is 2. The zero-order valence-corrected chi connectivity index (χ0v) is 24.1. The van der Waals surface area contributed by atoms with Gasteiger partial charge in [0.05, 0.1) is 22.2 Å². The molecule has 45 heavy (non-hydrogen) atoms. The van der Waals surface area contributed by atoms with Crippen LogP contribution in [-0.2, 0) is 19.9 Å². The van der Waals surface area contributed by atoms with Gasteiger partial charge in [-0.3, -0.25) is 14.2 Å². The molecule has 0 spiro atoms. The second kappa shape index (κ2) is 11.3. The lowest BCUT2D eigenvalue weighted by atomic mass is 9.92. The number of esters is 1. The lowest BCUT2D eigenvalue weighted by molar-refractivity contribution is -0.279. The van der Waals surface area contributed by atoms with Crippen molar-refractivity contribution in [1.29, 1.82) is 0 Å². The maximum absolute atomic E-state index is 14.9. The molecule has 0 aliphatic carbocycles. The summed E-state index contributed by atoms with van der Waals surface area (Å²) < 4.78 is 56.8. The predicted octanol–water partition coefficient (Wildman–Crippen LogP) is 5.90. The second-order valence-corrected chi connectivity index (χ2v) is 10.5. The Morgan fingerprint density at radius 3 is 2.11 bits per heavy atom. The van der Waals surface area contributed by atoms with E-state index < -0.39 is 46.9 Å². The largest absolute Gasteiger partial charge is 0.452 e. The number of nitrogens with zero attached hydrogens (tertiary/aromatic N) is 3. The van der Waals surface area contributed by atoms with Crippen LogP contribution >= 0.6 is 0 Å². The number of hydrogen-bond donors (Lipinski definition) is 0. The van der Waals surface area contributed by atoms with Crippen molar-refractivity contribution in [3.8, 4) is 5.69 Å². The van der Waals surface area contributed by atoms with Crippen LogP contribution in [0.5, 0.6) is 0 Å². The smallest absolute Gasteiger partial charge is 0.432 e. The topological polar surface area (TPSA) is 90.7 Å². The Morgan fingerprint density at radius 2 is 1.44 bits per heavy atom. The van der Waals surface area contributed by atoms with Gasteiger partial charge in [0, 0.05) is 19.7 Å². The highest BCUT2D eigenvalue weighted by molar-refractivity contribution is 5.99. The van der Waals surface area contributed by atoms with Crippen LogP contribution in [0.4, 0.5) is 13.2 Å². The van der Waals surface area contributed by atoms with Crippen molar-refractivity contribution >= 4 is 22.8 Å². The van der Waals surface area contributed by atoms with Crippen molar-refractivity contribution in [3.05, 3.63) is 142 Å². The number of alkyl halides is 3. The minimum absolute atomic E-state index is 0.00381. The molecule has 0 radical (unpaired) electrons. The number of benzene rings is 4. The summed E-state index contributed by atoms with van der Waals surface area (Å²) in [5, 5.41) is 0.264. The molecule has 6 rings (SSSR count). The van der Waals surface area contributed by atoms with Crippen LogP contribution in [0.25, 0.3) is 16.6 Å². The zero-order chi connectivity index (χ0) is 31.9. The number of methoxy groups -OCH3 is 1. The fourth-order valence-electron chi connectivity index (χ4n) is 5.80. The lowest BCUT2D eigenvalue weighted by Crippen LogP contribution is -2.52. The highest BCUT2D eigenvalue weighted by atomic mass is 19.4. The normalized spacial score (nSPS) is 16.7. The highest BCUT2D eigenvalue weighted by Crippen LogP contribution is 2.46. The summed E-state index contributed by atoms with van der Waals surface area (Å²) in [5.74, 6) is -2.32. The summed E-state index contributed by atoms with van der Waals surface area (Å²) in [7, 11) is 2.20. The first-order chi connectivity index (χ1) is 21.6. The van der Waals surface area contributed by atoms with Gasteiger partial charge in [-0.25, -0.2) is 9.78 Å². The van der Waals surface area contributed by atoms with E-state index in [0.29, 0.717) is 5.52 Å². The molecule has 8 nitrogen and oxygen atoms in total. The van der Waals surface area contributed by atoms with Crippen molar-refractivity contribution in [2.45, 2.75) is 23.9 Å². The number of rotatable bonds is 6. The maximum Gasteiger partial charge on any atom is 0.432 e. The standard InChI is InChI=1S/C34H26F3N3O5/c1-39-27(29-38-25-19-11-9-17-23(25)31(42)40(29)26-20-12-10-18-24(26)30(39)41)28(21-13-5-3-6-14-21)45-32(43)33(44-2,34(35,36)37)22-15-7-4-8-16-22/h3-20,27-28H,1-2H3/t27?,28-,33-/m1/s1. The number of carbonyl (C=O) groups is 2. The van der Waals surface area contributed by atoms with Crippen LogP contribution in [0.15, 0.2) is 114 Å². The number of fused-ring (bicyclic) bond motifs is 4. The van der Waals surface area contributed by atoms with Crippen molar-refractivity contribution in [2.75, 3.05) is 14.2 Å². The van der Waals surface area contributed by atoms with E-state index in [1.165, 1.54) is 34.7 Å². The minimum Gasteiger partial charge on any atom is -0.452 e. The molecule has 1 aromatic heterocycles. The third kappa shape index (κ3) is 4.76. The summed E-state index contributed by atoms with van der Waals surface area (Å²) in [6, 6.07) is 26.1. The number of aromatic nitrogens is 2. The Kier molecular flexibility index (Phi) is 7.49. The molecule has 1 aliphatic rings. The van der Waals surface area contributed by atoms with Gasteiger partial charge >= 0.3 is 12.1 Å². The van der Waals surface area contributed by atoms with Crippen LogP contribution in [0, 0.1) is 0 Å². The Balaban J connectivity index is 1.62. The maximum atomic E-state index is 14.9. The molecule has 0 saturated carbocycles. The van der Waals surface area contributed by atoms with Crippen molar-refractivity contribution in [1.82, 2.24) is 14.5 Å². The quantitative estimate of drug-likeness (QED) is 0.222. The molecule has 5 aromatic rings. The molecule has 2 heterocycles. The number of ether oxygens (including phenoxy) is 2. The average Bonchev–Trinajstić information content (AvgIpc) is 3.13. The van der Waals surface area contributed by atoms with E-state index in [-0.39, 0.29) is 28.0 Å². The number of halogens is 3. The van der Waals surface area contributed by atoms with Gasteiger partial charge in [-0.1, -0.05) is 84.9 Å². The fraction of sp³-hybridized carbons (Fsp3) is 0.176. The number of amides is 1. The van der Waals surface area contributed by atoms with E-state index in [9.17, 15) is 27.6 Å². The second-order valence-electron chi connectivity index (χ2n) is 10.5. The number of para-hydroxylation sites is 2. The van der Waals surface area contributed by atoms with Crippen LogP contribution in [0.1, 0.15) is 39.5 Å². The minimum atomic E-state index is -5.24. The van der Waals surface area contributed by atoms with Crippen LogP contribution in [0.3, 0.4) is 0 Å². The Labute approximate surface area is 255 Å². The van der Waals surface area contributed by atoms with Gasteiger partial charge in [-0.2, -0.15) is 13.2 Å². The molecule has 3 atom stereocenters. The Morgan fingerprint density at radius 1 is 0.844 bits per heavy atom. The molecule has 0 saturated heterocycles. The summed E-state index contributed by atoms with van der Waals surface area (Å²) in [6.45, 7) is 0. The molecule has 1 unspecified atom stereocenters. The molecule has 0 N–H and O–H groups in total. The first-order valence-corrected chi connectivity index (χ1v) is 13.9. The van der Waals surface area contributed by atoms with Gasteiger partial charge < -0.3 is 14.4 Å². The molecule has 0 bridgehead atoms. The van der Waals surface area contributed by atoms with E-state index in [1.54, 1.807) is 78.9 Å². The average molecular weight is 614 g/mol. The van der Waals surface area contributed by atoms with Crippen LogP contribution < -0.4 is 5.56 Å². The van der Waals surface area contributed by atoms with Gasteiger partial charge in [-0.15, -0.1) is 0 Å². The van der Waals surface area contributed by atoms with Crippen LogP contribution in [0.2, 0.25) is 0 Å². The summed E-state index contributed by atoms with van der Waals surface area (Å²) in [5.41, 5.74) is -3.55. The molecule has 0 fully saturated rings. The van der Waals surface area contributed by atoms with Gasteiger partial charge in [0.25, 0.3) is 17.1 Å². The summed E-state index contributed by atoms with van der Waals surface area (Å²) in [6.07, 6.45) is -6.81. The SMILES string of the molecule is CO[C@@](C(=O)O[C@H](c1ccccc1)C1c2nc3ccccc3c(=O)n2-c2ccccc2C(=O)N1C)(c1ccccc1)C(F)(F)F. The van der Waals surface area contributed by atoms with E-state index in [0.717, 1.165) is 19.2 Å². The van der Waals surface area contributed by atoms with E-state index in [4.69, 9.17) is 14.5 Å². The zero-order valence-electron chi connectivity index (χ0n) is 24.1. The summed E-state index contributed by atoms with van der Waals surface area (Å²) >= 11 is 0. The van der Waals surface area contributed by atoms with Crippen molar-refractivity contribution in [3.63, 3.8) is 0 Å². The lowest BCUT2D eigenvalue weighted by Gasteiger charge is -2.37. The Bertz CT molecular complexity index is 1960. The van der Waals surface area contributed by atoms with E-state index in [1.807, 2.05) is 0 Å². The number of likely N-dealkylation sites (N-methyl/N-ethyl adjacent to an activating group) is 1. The van der Waals surface area contributed by atoms with Crippen molar-refractivity contribution < 1.29 is 32.2 Å². The predicted molar refractivity (Wildman–Crippen MR) is 159 cm³/mol. The fourth-order valence-corrected chi connectivity index (χ4v) is 5.80. The van der Waals surface area contributed by atoms with Gasteiger partial charge in [0.15, 0.2) is 6.10 Å². The molecule has 1 aliphatic heterocycles. The molecular formula is C34H26F3N3O5. The molecule has 228 valence electrons. The monoisotopic (exact) mass is 613 g/mol. The summed E-state index contributed by atoms with van der Waals surface area (Å²) in [4.78, 5) is 48.1. The molecular weight excluding hydrogens is 587 g/mol. The van der Waals surface area contributed by atoms with Gasteiger partial charge in [0.1, 0.15) is 11.9 Å². The highest BCUT2D eigenvalue weighted by Gasteiger charge is 2.64.